The highest BCUT2D eigenvalue weighted by Gasteiger charge is 2.14. The van der Waals surface area contributed by atoms with Crippen molar-refractivity contribution in [2.45, 2.75) is 6.61 Å². The van der Waals surface area contributed by atoms with E-state index in [1.807, 2.05) is 18.2 Å². The number of nitrogens with zero attached hydrogens (tertiary/aromatic N) is 2. The van der Waals surface area contributed by atoms with E-state index in [-0.39, 0.29) is 17.3 Å². The largest absolute Gasteiger partial charge is 0.444 e. The molecule has 0 aliphatic rings. The van der Waals surface area contributed by atoms with Crippen molar-refractivity contribution in [3.05, 3.63) is 69.1 Å². The molecule has 0 bridgehead atoms. The number of pyridine rings is 1. The average Bonchev–Trinajstić information content (AvgIpc) is 2.46. The SMILES string of the molecule is N#Cc1c(Cl)n(C(=O)OCc2ccccc2)ccc1=O. The van der Waals surface area contributed by atoms with Crippen LogP contribution in [0.2, 0.25) is 5.15 Å². The third-order valence-electron chi connectivity index (χ3n) is 2.55. The number of ether oxygens (including phenoxy) is 1. The molecule has 0 aliphatic heterocycles. The molecular weight excluding hydrogens is 280 g/mol. The zero-order valence-corrected chi connectivity index (χ0v) is 11.0. The Morgan fingerprint density at radius 2 is 2.00 bits per heavy atom. The molecule has 0 aliphatic carbocycles. The van der Waals surface area contributed by atoms with Crippen LogP contribution < -0.4 is 5.43 Å². The number of carbonyl (C=O) groups excluding carboxylic acids is 1. The first-order valence-electron chi connectivity index (χ1n) is 5.66. The molecule has 1 aromatic heterocycles. The van der Waals surface area contributed by atoms with Crippen LogP contribution in [0.25, 0.3) is 0 Å². The summed E-state index contributed by atoms with van der Waals surface area (Å²) in [6.45, 7) is 0.0734. The van der Waals surface area contributed by atoms with Crippen LogP contribution >= 0.6 is 11.6 Å². The lowest BCUT2D eigenvalue weighted by Gasteiger charge is -2.09. The van der Waals surface area contributed by atoms with Gasteiger partial charge in [-0.25, -0.2) is 9.36 Å². The highest BCUT2D eigenvalue weighted by molar-refractivity contribution is 6.31. The maximum absolute atomic E-state index is 11.9. The first kappa shape index (κ1) is 13.8. The van der Waals surface area contributed by atoms with E-state index < -0.39 is 11.5 Å². The third kappa shape index (κ3) is 2.87. The van der Waals surface area contributed by atoms with Gasteiger partial charge in [0.2, 0.25) is 5.43 Å². The Morgan fingerprint density at radius 3 is 2.65 bits per heavy atom. The number of aromatic nitrogens is 1. The molecule has 0 spiro atoms. The molecule has 100 valence electrons. The lowest BCUT2D eigenvalue weighted by Crippen LogP contribution is -2.19. The Kier molecular flexibility index (Phi) is 4.18. The zero-order chi connectivity index (χ0) is 14.5. The number of nitriles is 1. The summed E-state index contributed by atoms with van der Waals surface area (Å²) in [5, 5.41) is 8.56. The van der Waals surface area contributed by atoms with E-state index in [4.69, 9.17) is 21.6 Å². The first-order chi connectivity index (χ1) is 9.63. The number of benzene rings is 1. The molecule has 0 atom stereocenters. The molecule has 0 saturated heterocycles. The van der Waals surface area contributed by atoms with Crippen molar-refractivity contribution in [3.8, 4) is 6.07 Å². The second-order valence-electron chi connectivity index (χ2n) is 3.87. The number of carbonyl (C=O) groups is 1. The van der Waals surface area contributed by atoms with Gasteiger partial charge in [0.05, 0.1) is 0 Å². The number of hydrogen-bond acceptors (Lipinski definition) is 4. The van der Waals surface area contributed by atoms with Crippen molar-refractivity contribution in [3.63, 3.8) is 0 Å². The van der Waals surface area contributed by atoms with Gasteiger partial charge in [-0.3, -0.25) is 4.79 Å². The highest BCUT2D eigenvalue weighted by Crippen LogP contribution is 2.12. The maximum atomic E-state index is 11.9. The van der Waals surface area contributed by atoms with Gasteiger partial charge in [-0.05, 0) is 5.56 Å². The van der Waals surface area contributed by atoms with Crippen LogP contribution in [0.1, 0.15) is 11.1 Å². The van der Waals surface area contributed by atoms with Crippen LogP contribution in [0.4, 0.5) is 4.79 Å². The average molecular weight is 289 g/mol. The smallest absolute Gasteiger partial charge is 0.419 e. The molecule has 1 heterocycles. The number of halogens is 1. The molecule has 0 radical (unpaired) electrons. The number of rotatable bonds is 2. The van der Waals surface area contributed by atoms with E-state index in [0.717, 1.165) is 16.2 Å². The predicted octanol–water partition coefficient (Wildman–Crippen LogP) is 2.56. The van der Waals surface area contributed by atoms with Crippen molar-refractivity contribution in [1.82, 2.24) is 4.57 Å². The molecule has 0 saturated carbocycles. The van der Waals surface area contributed by atoms with Crippen molar-refractivity contribution < 1.29 is 9.53 Å². The Labute approximate surface area is 119 Å². The van der Waals surface area contributed by atoms with Crippen LogP contribution in [0, 0.1) is 11.3 Å². The molecule has 0 N–H and O–H groups in total. The fourth-order valence-corrected chi connectivity index (χ4v) is 1.80. The molecule has 0 amide bonds. The predicted molar refractivity (Wildman–Crippen MR) is 72.5 cm³/mol. The zero-order valence-electron chi connectivity index (χ0n) is 10.2. The normalized spacial score (nSPS) is 9.80. The second kappa shape index (κ2) is 6.04. The minimum Gasteiger partial charge on any atom is -0.444 e. The summed E-state index contributed by atoms with van der Waals surface area (Å²) in [4.78, 5) is 23.2. The van der Waals surface area contributed by atoms with Gasteiger partial charge in [0.25, 0.3) is 0 Å². The molecule has 0 unspecified atom stereocenters. The van der Waals surface area contributed by atoms with Gasteiger partial charge in [-0.15, -0.1) is 0 Å². The molecule has 6 heteroatoms. The standard InChI is InChI=1S/C14H9ClN2O3/c15-13-11(8-16)12(18)6-7-17(13)14(19)20-9-10-4-2-1-3-5-10/h1-7H,9H2. The fraction of sp³-hybridized carbons (Fsp3) is 0.0714. The molecule has 20 heavy (non-hydrogen) atoms. The van der Waals surface area contributed by atoms with Gasteiger partial charge in [0.1, 0.15) is 23.4 Å². The summed E-state index contributed by atoms with van der Waals surface area (Å²) in [5.41, 5.74) is -0.00559. The first-order valence-corrected chi connectivity index (χ1v) is 6.03. The molecule has 2 aromatic rings. The van der Waals surface area contributed by atoms with E-state index in [1.165, 1.54) is 6.20 Å². The van der Waals surface area contributed by atoms with Crippen LogP contribution in [-0.2, 0) is 11.3 Å². The summed E-state index contributed by atoms with van der Waals surface area (Å²) >= 11 is 5.83. The molecular formula is C14H9ClN2O3. The highest BCUT2D eigenvalue weighted by atomic mass is 35.5. The Morgan fingerprint density at radius 1 is 1.30 bits per heavy atom. The minimum absolute atomic E-state index is 0.0734. The summed E-state index contributed by atoms with van der Waals surface area (Å²) in [6, 6.07) is 11.9. The van der Waals surface area contributed by atoms with Crippen LogP contribution in [0.3, 0.4) is 0 Å². The van der Waals surface area contributed by atoms with Crippen LogP contribution in [0.5, 0.6) is 0 Å². The molecule has 0 fully saturated rings. The second-order valence-corrected chi connectivity index (χ2v) is 4.23. The minimum atomic E-state index is -0.754. The summed E-state index contributed by atoms with van der Waals surface area (Å²) in [6.07, 6.45) is 0.425. The van der Waals surface area contributed by atoms with Gasteiger partial charge in [-0.2, -0.15) is 5.26 Å². The van der Waals surface area contributed by atoms with Crippen LogP contribution in [-0.4, -0.2) is 10.7 Å². The van der Waals surface area contributed by atoms with Gasteiger partial charge in [0.15, 0.2) is 0 Å². The van der Waals surface area contributed by atoms with Crippen LogP contribution in [0.15, 0.2) is 47.4 Å². The van der Waals surface area contributed by atoms with Crippen molar-refractivity contribution in [1.29, 1.82) is 5.26 Å². The maximum Gasteiger partial charge on any atom is 0.419 e. The Balaban J connectivity index is 2.19. The van der Waals surface area contributed by atoms with E-state index in [2.05, 4.69) is 0 Å². The molecule has 1 aromatic carbocycles. The fourth-order valence-electron chi connectivity index (χ4n) is 1.54. The van der Waals surface area contributed by atoms with E-state index in [9.17, 15) is 9.59 Å². The van der Waals surface area contributed by atoms with E-state index in [1.54, 1.807) is 18.2 Å². The monoisotopic (exact) mass is 288 g/mol. The molecule has 2 rings (SSSR count). The lowest BCUT2D eigenvalue weighted by molar-refractivity contribution is 0.141. The van der Waals surface area contributed by atoms with Crippen molar-refractivity contribution in [2.24, 2.45) is 0 Å². The topological polar surface area (TPSA) is 72.1 Å². The molecule has 5 nitrogen and oxygen atoms in total. The van der Waals surface area contributed by atoms with Crippen molar-refractivity contribution in [2.75, 3.05) is 0 Å². The Bertz CT molecular complexity index is 732. The van der Waals surface area contributed by atoms with E-state index in [0.29, 0.717) is 0 Å². The Hall–Kier alpha value is -2.58. The third-order valence-corrected chi connectivity index (χ3v) is 2.92. The number of hydrogen-bond donors (Lipinski definition) is 0. The summed E-state index contributed by atoms with van der Waals surface area (Å²) < 4.78 is 5.98. The van der Waals surface area contributed by atoms with Gasteiger partial charge >= 0.3 is 6.09 Å². The quantitative estimate of drug-likeness (QED) is 0.796. The summed E-state index contributed by atoms with van der Waals surface area (Å²) in [5.74, 6) is 0. The van der Waals surface area contributed by atoms with Gasteiger partial charge in [0, 0.05) is 12.3 Å². The van der Waals surface area contributed by atoms with E-state index >= 15 is 0 Å². The lowest BCUT2D eigenvalue weighted by atomic mass is 10.2. The van der Waals surface area contributed by atoms with Gasteiger partial charge in [-0.1, -0.05) is 41.9 Å². The van der Waals surface area contributed by atoms with Gasteiger partial charge < -0.3 is 4.74 Å². The summed E-state index contributed by atoms with van der Waals surface area (Å²) in [7, 11) is 0. The van der Waals surface area contributed by atoms with Crippen molar-refractivity contribution >= 4 is 17.7 Å².